The number of carbonyl (C=O) groups is 1. The molecule has 2 N–H and O–H groups in total. The Bertz CT molecular complexity index is 1670. The molecule has 234 valence electrons. The van der Waals surface area contributed by atoms with E-state index < -0.39 is 25.3 Å². The highest BCUT2D eigenvalue weighted by Crippen LogP contribution is 2.36. The van der Waals surface area contributed by atoms with Crippen LogP contribution < -0.4 is 10.6 Å². The lowest BCUT2D eigenvalue weighted by atomic mass is 9.78. The van der Waals surface area contributed by atoms with Crippen molar-refractivity contribution in [3.05, 3.63) is 63.8 Å². The predicted molar refractivity (Wildman–Crippen MR) is 169 cm³/mol. The number of morpholine rings is 1. The van der Waals surface area contributed by atoms with Crippen molar-refractivity contribution in [2.24, 2.45) is 11.8 Å². The number of amides is 1. The molecule has 1 amide bonds. The second-order valence-corrected chi connectivity index (χ2v) is 12.6. The van der Waals surface area contributed by atoms with E-state index in [9.17, 15) is 14.4 Å². The van der Waals surface area contributed by atoms with Gasteiger partial charge in [-0.3, -0.25) is 14.4 Å². The summed E-state index contributed by atoms with van der Waals surface area (Å²) >= 11 is 7.62. The van der Waals surface area contributed by atoms with Gasteiger partial charge in [0.2, 0.25) is 0 Å². The molecule has 2 atom stereocenters. The summed E-state index contributed by atoms with van der Waals surface area (Å²) in [6, 6.07) is -0.0139. The highest BCUT2D eigenvalue weighted by Gasteiger charge is 2.33. The van der Waals surface area contributed by atoms with Crippen LogP contribution in [0, 0.1) is 11.8 Å². The van der Waals surface area contributed by atoms with Crippen molar-refractivity contribution in [1.29, 1.82) is 0 Å². The smallest absolute Gasteiger partial charge is 0.270 e. The molecule has 0 unspecified atom stereocenters. The number of nitrogens with one attached hydrogen (secondary N) is 2. The first-order chi connectivity index (χ1) is 23.3. The van der Waals surface area contributed by atoms with E-state index in [0.717, 1.165) is 23.9 Å². The molecule has 4 heterocycles. The van der Waals surface area contributed by atoms with Gasteiger partial charge in [0.1, 0.15) is 23.0 Å². The summed E-state index contributed by atoms with van der Waals surface area (Å²) in [5.41, 5.74) is 0.0283. The first-order valence-corrected chi connectivity index (χ1v) is 15.7. The number of halogens is 1. The van der Waals surface area contributed by atoms with Crippen molar-refractivity contribution in [2.45, 2.75) is 58.0 Å². The standard InChI is InChI=1S/C31H38ClN7O4S/c1-3-39-26(10-11-34-39)30(42)36-29(22-6-4-21(2)5-7-22)25(20-41)35-31-33-16-28(44-31)27(18-37-12-14-43-15-13-37)38-17-23(32)8-9-24(38)19-40/h8-11,16-17,21-22,27,29H,3-7,12-15,18H2,1-2H3,(H,33,35)(H,36,42)/t21?,22?,27-,29+/m1/s1/i1D3,3D2. The van der Waals surface area contributed by atoms with Gasteiger partial charge in [-0.2, -0.15) is 5.10 Å². The number of ether oxygens (including phenoxy) is 1. The lowest BCUT2D eigenvalue weighted by Crippen LogP contribution is -2.45. The normalized spacial score (nSPS) is 24.3. The fraction of sp³-hybridized carbons (Fsp3) is 0.516. The maximum atomic E-state index is 13.7. The molecule has 11 nitrogen and oxygen atoms in total. The van der Waals surface area contributed by atoms with Gasteiger partial charge < -0.3 is 20.3 Å². The summed E-state index contributed by atoms with van der Waals surface area (Å²) < 4.78 is 45.3. The Labute approximate surface area is 273 Å². The topological polar surface area (TPSA) is 122 Å². The zero-order valence-electron chi connectivity index (χ0n) is 29.3. The van der Waals surface area contributed by atoms with E-state index in [1.807, 2.05) is 11.9 Å². The fourth-order valence-corrected chi connectivity index (χ4v) is 6.87. The Morgan fingerprint density at radius 2 is 2.07 bits per heavy atom. The number of nitrogens with zero attached hydrogens (tertiary/aromatic N) is 5. The van der Waals surface area contributed by atoms with Crippen LogP contribution in [-0.4, -0.2) is 81.2 Å². The van der Waals surface area contributed by atoms with E-state index in [4.69, 9.17) is 23.2 Å². The molecular formula is C31H38ClN7O4S. The average molecular weight is 645 g/mol. The zero-order valence-corrected chi connectivity index (χ0v) is 25.9. The minimum absolute atomic E-state index is 0.0285. The third-order valence-electron chi connectivity index (χ3n) is 8.23. The van der Waals surface area contributed by atoms with Gasteiger partial charge in [0.15, 0.2) is 11.1 Å². The molecule has 2 aromatic heterocycles. The quantitative estimate of drug-likeness (QED) is 0.348. The monoisotopic (exact) mass is 644 g/mol. The molecule has 3 aliphatic rings. The summed E-state index contributed by atoms with van der Waals surface area (Å²) in [7, 11) is 0. The summed E-state index contributed by atoms with van der Waals surface area (Å²) in [4.78, 5) is 47.5. The van der Waals surface area contributed by atoms with Crippen molar-refractivity contribution >= 4 is 45.9 Å². The van der Waals surface area contributed by atoms with Crippen LogP contribution in [0.1, 0.15) is 67.7 Å². The third-order valence-corrected chi connectivity index (χ3v) is 9.47. The first-order valence-electron chi connectivity index (χ1n) is 17.0. The van der Waals surface area contributed by atoms with Crippen LogP contribution in [0.3, 0.4) is 0 Å². The number of hydrogen-bond acceptors (Lipinski definition) is 10. The summed E-state index contributed by atoms with van der Waals surface area (Å²) in [5, 5.41) is 10.5. The van der Waals surface area contributed by atoms with Crippen molar-refractivity contribution in [3.63, 3.8) is 0 Å². The Hall–Kier alpha value is -3.50. The molecule has 5 rings (SSSR count). The van der Waals surface area contributed by atoms with Crippen LogP contribution >= 0.6 is 22.9 Å². The number of allylic oxidation sites excluding steroid dienone is 3. The molecule has 1 saturated carbocycles. The predicted octanol–water partition coefficient (Wildman–Crippen LogP) is 4.15. The van der Waals surface area contributed by atoms with E-state index in [1.165, 1.54) is 17.4 Å². The molecule has 2 aliphatic heterocycles. The molecule has 2 aromatic rings. The van der Waals surface area contributed by atoms with Gasteiger partial charge in [0.05, 0.1) is 37.9 Å². The maximum Gasteiger partial charge on any atom is 0.270 e. The van der Waals surface area contributed by atoms with Crippen molar-refractivity contribution in [1.82, 2.24) is 29.9 Å². The lowest BCUT2D eigenvalue weighted by molar-refractivity contribution is 0.0290. The Balaban J connectivity index is 1.42. The maximum absolute atomic E-state index is 13.7. The molecular weight excluding hydrogens is 602 g/mol. The second-order valence-electron chi connectivity index (χ2n) is 11.1. The van der Waals surface area contributed by atoms with Crippen LogP contribution in [0.2, 0.25) is 0 Å². The largest absolute Gasteiger partial charge is 0.379 e. The Morgan fingerprint density at radius 3 is 2.80 bits per heavy atom. The van der Waals surface area contributed by atoms with Gasteiger partial charge in [-0.1, -0.05) is 42.7 Å². The number of anilines is 1. The number of aryl methyl sites for hydroxylation is 1. The van der Waals surface area contributed by atoms with Crippen molar-refractivity contribution in [2.75, 3.05) is 38.2 Å². The van der Waals surface area contributed by atoms with Crippen LogP contribution in [0.25, 0.3) is 0 Å². The summed E-state index contributed by atoms with van der Waals surface area (Å²) in [6.45, 7) is -0.825. The molecule has 13 heteroatoms. The first kappa shape index (κ1) is 25.8. The highest BCUT2D eigenvalue weighted by atomic mass is 35.5. The van der Waals surface area contributed by atoms with Gasteiger partial charge in [-0.05, 0) is 49.7 Å². The minimum atomic E-state index is -3.10. The second kappa shape index (κ2) is 15.0. The SMILES string of the molecule is [2H]C([2H])([2H])C([2H])([2H])n1nccc1C(=O)N[C@H](C(=C=O)Nc1ncc([C@@H](CN2CCOCC2)N2C=C(Cl)C=CC2=C=O)s1)C1CCC(C)CC1. The molecule has 1 aliphatic carbocycles. The van der Waals surface area contributed by atoms with E-state index in [1.54, 1.807) is 29.4 Å². The number of hydrogen-bond donors (Lipinski definition) is 2. The molecule has 0 spiro atoms. The molecule has 0 bridgehead atoms. The zero-order chi connectivity index (χ0) is 35.3. The molecule has 2 fully saturated rings. The Kier molecular flexibility index (Phi) is 8.79. The van der Waals surface area contributed by atoms with Crippen LogP contribution in [0.4, 0.5) is 5.13 Å². The van der Waals surface area contributed by atoms with Gasteiger partial charge in [0.25, 0.3) is 5.91 Å². The number of thiazole rings is 1. The summed E-state index contributed by atoms with van der Waals surface area (Å²) in [6.07, 6.45) is 10.9. The van der Waals surface area contributed by atoms with E-state index in [0.29, 0.717) is 72.2 Å². The molecule has 0 radical (unpaired) electrons. The van der Waals surface area contributed by atoms with Crippen LogP contribution in [-0.2, 0) is 20.8 Å². The third kappa shape index (κ3) is 7.58. The van der Waals surface area contributed by atoms with Crippen molar-refractivity contribution < 1.29 is 26.0 Å². The van der Waals surface area contributed by atoms with Crippen molar-refractivity contribution in [3.8, 4) is 0 Å². The minimum Gasteiger partial charge on any atom is -0.379 e. The lowest BCUT2D eigenvalue weighted by Gasteiger charge is -2.36. The van der Waals surface area contributed by atoms with E-state index in [-0.39, 0.29) is 23.4 Å². The van der Waals surface area contributed by atoms with Gasteiger partial charge >= 0.3 is 0 Å². The van der Waals surface area contributed by atoms with Gasteiger partial charge in [-0.15, -0.1) is 0 Å². The van der Waals surface area contributed by atoms with Gasteiger partial charge in [-0.25, -0.2) is 14.6 Å². The summed E-state index contributed by atoms with van der Waals surface area (Å²) in [5.74, 6) is 3.47. The van der Waals surface area contributed by atoms with Crippen LogP contribution in [0.15, 0.2) is 53.2 Å². The van der Waals surface area contributed by atoms with E-state index >= 15 is 0 Å². The Morgan fingerprint density at radius 1 is 1.27 bits per heavy atom. The molecule has 1 saturated heterocycles. The van der Waals surface area contributed by atoms with Crippen LogP contribution in [0.5, 0.6) is 0 Å². The van der Waals surface area contributed by atoms with Gasteiger partial charge in [0, 0.05) is 48.8 Å². The average Bonchev–Trinajstić information content (AvgIpc) is 3.76. The number of carbonyl (C=O) groups excluding carboxylic acids is 3. The molecule has 44 heavy (non-hydrogen) atoms. The van der Waals surface area contributed by atoms with E-state index in [2.05, 4.69) is 32.5 Å². The number of rotatable bonds is 11. The fourth-order valence-electron chi connectivity index (χ4n) is 5.78. The highest BCUT2D eigenvalue weighted by molar-refractivity contribution is 7.15. The number of aromatic nitrogens is 3. The molecule has 0 aromatic carbocycles.